The lowest BCUT2D eigenvalue weighted by Crippen LogP contribution is -2.46. The normalized spacial score (nSPS) is 27.8. The number of rotatable bonds is 6. The van der Waals surface area contributed by atoms with Crippen LogP contribution in [0.3, 0.4) is 0 Å². The molecule has 0 N–H and O–H groups in total. The third kappa shape index (κ3) is 3.65. The van der Waals surface area contributed by atoms with Crippen LogP contribution in [-0.2, 0) is 37.0 Å². The number of carbonyl (C=O) groups excluding carboxylic acids is 1. The van der Waals surface area contributed by atoms with E-state index in [-0.39, 0.29) is 31.2 Å². The Morgan fingerprint density at radius 1 is 0.923 bits per heavy atom. The molecule has 2 saturated heterocycles. The second kappa shape index (κ2) is 7.58. The highest BCUT2D eigenvalue weighted by atomic mass is 16.6. The van der Waals surface area contributed by atoms with Crippen LogP contribution in [0.15, 0.2) is 60.7 Å². The van der Waals surface area contributed by atoms with E-state index in [0.717, 1.165) is 11.1 Å². The number of benzene rings is 2. The van der Waals surface area contributed by atoms with Crippen LogP contribution in [0.5, 0.6) is 0 Å². The molecular formula is C21H22O5. The number of carbonyl (C=O) groups is 1. The van der Waals surface area contributed by atoms with Crippen molar-refractivity contribution in [3.05, 3.63) is 71.8 Å². The minimum Gasteiger partial charge on any atom is -0.462 e. The van der Waals surface area contributed by atoms with E-state index in [1.54, 1.807) is 0 Å². The Hall–Kier alpha value is -2.21. The third-order valence-corrected chi connectivity index (χ3v) is 4.89. The maximum atomic E-state index is 11.7. The zero-order valence-electron chi connectivity index (χ0n) is 14.5. The molecule has 5 heteroatoms. The van der Waals surface area contributed by atoms with Crippen LogP contribution in [0, 0.1) is 0 Å². The topological polar surface area (TPSA) is 54.0 Å². The standard InChI is InChI=1S/C21H22O5/c22-19-11-21(15-25-19)20(24-13-17-9-5-2-6-10-17)18(14-26-21)23-12-16-7-3-1-4-8-16/h1-10,18,20H,11-15H2/t18-,20+,21+/m1/s1. The fraction of sp³-hybridized carbons (Fsp3) is 0.381. The molecule has 5 nitrogen and oxygen atoms in total. The molecule has 3 atom stereocenters. The monoisotopic (exact) mass is 354 g/mol. The largest absolute Gasteiger partial charge is 0.462 e. The Kier molecular flexibility index (Phi) is 5.02. The average Bonchev–Trinajstić information content (AvgIpc) is 3.23. The average molecular weight is 354 g/mol. The third-order valence-electron chi connectivity index (χ3n) is 4.89. The first kappa shape index (κ1) is 17.2. The fourth-order valence-electron chi connectivity index (χ4n) is 3.51. The van der Waals surface area contributed by atoms with Crippen molar-refractivity contribution < 1.29 is 23.7 Å². The molecule has 2 fully saturated rings. The van der Waals surface area contributed by atoms with Crippen molar-refractivity contribution in [2.45, 2.75) is 37.4 Å². The van der Waals surface area contributed by atoms with Crippen LogP contribution in [0.2, 0.25) is 0 Å². The zero-order valence-corrected chi connectivity index (χ0v) is 14.5. The first-order chi connectivity index (χ1) is 12.8. The molecular weight excluding hydrogens is 332 g/mol. The summed E-state index contributed by atoms with van der Waals surface area (Å²) in [5, 5.41) is 0. The van der Waals surface area contributed by atoms with Crippen LogP contribution >= 0.6 is 0 Å². The Bertz CT molecular complexity index is 733. The van der Waals surface area contributed by atoms with Gasteiger partial charge in [0.25, 0.3) is 0 Å². The summed E-state index contributed by atoms with van der Waals surface area (Å²) in [5.74, 6) is -0.248. The van der Waals surface area contributed by atoms with E-state index in [0.29, 0.717) is 19.8 Å². The minimum absolute atomic E-state index is 0.206. The van der Waals surface area contributed by atoms with E-state index < -0.39 is 5.60 Å². The fourth-order valence-corrected chi connectivity index (χ4v) is 3.51. The summed E-state index contributed by atoms with van der Waals surface area (Å²) in [7, 11) is 0. The molecule has 0 unspecified atom stereocenters. The van der Waals surface area contributed by atoms with Crippen molar-refractivity contribution in [2.24, 2.45) is 0 Å². The van der Waals surface area contributed by atoms with Gasteiger partial charge >= 0.3 is 5.97 Å². The van der Waals surface area contributed by atoms with Gasteiger partial charge < -0.3 is 18.9 Å². The number of ether oxygens (including phenoxy) is 4. The lowest BCUT2D eigenvalue weighted by atomic mass is 9.94. The van der Waals surface area contributed by atoms with Gasteiger partial charge in [0, 0.05) is 0 Å². The Morgan fingerprint density at radius 3 is 2.12 bits per heavy atom. The number of cyclic esters (lactones) is 1. The molecule has 0 amide bonds. The lowest BCUT2D eigenvalue weighted by Gasteiger charge is -2.29. The smallest absolute Gasteiger partial charge is 0.309 e. The number of esters is 1. The lowest BCUT2D eigenvalue weighted by molar-refractivity contribution is -0.138. The van der Waals surface area contributed by atoms with E-state index in [2.05, 4.69) is 0 Å². The molecule has 0 saturated carbocycles. The molecule has 1 spiro atoms. The molecule has 4 rings (SSSR count). The molecule has 2 aliphatic rings. The summed E-state index contributed by atoms with van der Waals surface area (Å²) in [4.78, 5) is 11.7. The molecule has 0 bridgehead atoms. The maximum Gasteiger partial charge on any atom is 0.309 e. The summed E-state index contributed by atoms with van der Waals surface area (Å²) >= 11 is 0. The van der Waals surface area contributed by atoms with E-state index in [1.807, 2.05) is 60.7 Å². The van der Waals surface area contributed by atoms with Crippen LogP contribution in [-0.4, -0.2) is 37.0 Å². The predicted octanol–water partition coefficient (Wildman–Crippen LogP) is 2.87. The molecule has 136 valence electrons. The van der Waals surface area contributed by atoms with Gasteiger partial charge in [0.05, 0.1) is 26.2 Å². The second-order valence-corrected chi connectivity index (χ2v) is 6.77. The molecule has 2 aliphatic heterocycles. The molecule has 2 aromatic carbocycles. The van der Waals surface area contributed by atoms with Gasteiger partial charge in [-0.25, -0.2) is 0 Å². The van der Waals surface area contributed by atoms with Gasteiger partial charge in [-0.05, 0) is 11.1 Å². The number of hydrogen-bond donors (Lipinski definition) is 0. The minimum atomic E-state index is -0.743. The van der Waals surface area contributed by atoms with Crippen molar-refractivity contribution in [1.82, 2.24) is 0 Å². The van der Waals surface area contributed by atoms with E-state index in [4.69, 9.17) is 18.9 Å². The van der Waals surface area contributed by atoms with Gasteiger partial charge in [-0.2, -0.15) is 0 Å². The van der Waals surface area contributed by atoms with Crippen molar-refractivity contribution in [3.63, 3.8) is 0 Å². The Balaban J connectivity index is 1.46. The SMILES string of the molecule is O=C1C[C@@]2(CO1)OC[C@@H](OCc1ccccc1)[C@@H]2OCc1ccccc1. The van der Waals surface area contributed by atoms with Crippen molar-refractivity contribution in [3.8, 4) is 0 Å². The quantitative estimate of drug-likeness (QED) is 0.747. The zero-order chi connectivity index (χ0) is 17.8. The molecule has 2 aromatic rings. The van der Waals surface area contributed by atoms with Crippen LogP contribution in [0.4, 0.5) is 0 Å². The molecule has 2 heterocycles. The maximum absolute atomic E-state index is 11.7. The van der Waals surface area contributed by atoms with Gasteiger partial charge in [0.1, 0.15) is 24.4 Å². The van der Waals surface area contributed by atoms with Crippen LogP contribution in [0.1, 0.15) is 17.5 Å². The second-order valence-electron chi connectivity index (χ2n) is 6.77. The summed E-state index contributed by atoms with van der Waals surface area (Å²) in [6.45, 7) is 1.53. The molecule has 0 radical (unpaired) electrons. The van der Waals surface area contributed by atoms with Crippen molar-refractivity contribution >= 4 is 5.97 Å². The van der Waals surface area contributed by atoms with Gasteiger partial charge in [-0.15, -0.1) is 0 Å². The highest BCUT2D eigenvalue weighted by molar-refractivity contribution is 5.73. The van der Waals surface area contributed by atoms with Gasteiger partial charge in [-0.3, -0.25) is 4.79 Å². The summed E-state index contributed by atoms with van der Waals surface area (Å²) < 4.78 is 23.5. The Morgan fingerprint density at radius 2 is 1.54 bits per heavy atom. The molecule has 26 heavy (non-hydrogen) atoms. The van der Waals surface area contributed by atoms with Crippen molar-refractivity contribution in [1.29, 1.82) is 0 Å². The first-order valence-corrected chi connectivity index (χ1v) is 8.86. The van der Waals surface area contributed by atoms with Gasteiger partial charge in [-0.1, -0.05) is 60.7 Å². The first-order valence-electron chi connectivity index (χ1n) is 8.86. The predicted molar refractivity (Wildman–Crippen MR) is 94.3 cm³/mol. The van der Waals surface area contributed by atoms with Gasteiger partial charge in [0.15, 0.2) is 0 Å². The van der Waals surface area contributed by atoms with Crippen molar-refractivity contribution in [2.75, 3.05) is 13.2 Å². The highest BCUT2D eigenvalue weighted by Crippen LogP contribution is 2.38. The molecule has 0 aromatic heterocycles. The van der Waals surface area contributed by atoms with E-state index >= 15 is 0 Å². The Labute approximate surface area is 152 Å². The summed E-state index contributed by atoms with van der Waals surface area (Å²) in [5.41, 5.74) is 1.42. The summed E-state index contributed by atoms with van der Waals surface area (Å²) in [6.07, 6.45) is -0.385. The van der Waals surface area contributed by atoms with Gasteiger partial charge in [0.2, 0.25) is 0 Å². The van der Waals surface area contributed by atoms with Crippen LogP contribution in [0.25, 0.3) is 0 Å². The molecule has 0 aliphatic carbocycles. The summed E-state index contributed by atoms with van der Waals surface area (Å²) in [6, 6.07) is 19.9. The van der Waals surface area contributed by atoms with Crippen LogP contribution < -0.4 is 0 Å². The van der Waals surface area contributed by atoms with E-state index in [1.165, 1.54) is 0 Å². The van der Waals surface area contributed by atoms with E-state index in [9.17, 15) is 4.79 Å². The highest BCUT2D eigenvalue weighted by Gasteiger charge is 2.57. The number of hydrogen-bond acceptors (Lipinski definition) is 5.